The van der Waals surface area contributed by atoms with Gasteiger partial charge in [-0.15, -0.1) is 0 Å². The summed E-state index contributed by atoms with van der Waals surface area (Å²) in [5.74, 6) is -0.843. The van der Waals surface area contributed by atoms with E-state index in [-0.39, 0.29) is 31.1 Å². The van der Waals surface area contributed by atoms with Crippen LogP contribution in [0.2, 0.25) is 0 Å². The van der Waals surface area contributed by atoms with Crippen molar-refractivity contribution in [2.24, 2.45) is 0 Å². The van der Waals surface area contributed by atoms with Gasteiger partial charge >= 0.3 is 17.9 Å². The lowest BCUT2D eigenvalue weighted by molar-refractivity contribution is -0.167. The van der Waals surface area contributed by atoms with Crippen molar-refractivity contribution in [1.29, 1.82) is 0 Å². The SMILES string of the molecule is CCCCCCCCCCCCCCCCCCCCC(=O)OC[C@H](COC(=O)CCCCCCCCCCCC)OC(=O)CCCCCCCCCCCCCC. The minimum absolute atomic E-state index is 0.0619. The molecule has 0 aliphatic carbocycles. The van der Waals surface area contributed by atoms with Crippen LogP contribution in [0.3, 0.4) is 0 Å². The summed E-state index contributed by atoms with van der Waals surface area (Å²) in [6.07, 6.45) is 50.9. The maximum absolute atomic E-state index is 12.7. The number of esters is 3. The van der Waals surface area contributed by atoms with Crippen molar-refractivity contribution in [2.75, 3.05) is 13.2 Å². The van der Waals surface area contributed by atoms with Crippen LogP contribution >= 0.6 is 0 Å². The lowest BCUT2D eigenvalue weighted by Gasteiger charge is -2.18. The number of carbonyl (C=O) groups excluding carboxylic acids is 3. The molecule has 0 bridgehead atoms. The number of rotatable bonds is 48. The molecule has 1 atom stereocenters. The summed E-state index contributed by atoms with van der Waals surface area (Å²) in [6, 6.07) is 0. The molecule has 0 aliphatic heterocycles. The monoisotopic (exact) mass is 821 g/mol. The maximum Gasteiger partial charge on any atom is 0.306 e. The highest BCUT2D eigenvalue weighted by Crippen LogP contribution is 2.17. The minimum Gasteiger partial charge on any atom is -0.462 e. The summed E-state index contributed by atoms with van der Waals surface area (Å²) in [6.45, 7) is 6.67. The van der Waals surface area contributed by atoms with Crippen molar-refractivity contribution < 1.29 is 28.6 Å². The largest absolute Gasteiger partial charge is 0.462 e. The van der Waals surface area contributed by atoms with Crippen LogP contribution in [0.15, 0.2) is 0 Å². The summed E-state index contributed by atoms with van der Waals surface area (Å²) in [7, 11) is 0. The molecule has 0 aromatic rings. The van der Waals surface area contributed by atoms with E-state index in [9.17, 15) is 14.4 Å². The molecule has 0 aromatic carbocycles. The molecule has 0 radical (unpaired) electrons. The van der Waals surface area contributed by atoms with E-state index >= 15 is 0 Å². The molecule has 0 saturated heterocycles. The Bertz CT molecular complexity index is 859. The number of carbonyl (C=O) groups is 3. The molecular weight excluding hydrogens is 721 g/mol. The Kier molecular flexibility index (Phi) is 46.8. The molecular formula is C52H100O6. The number of ether oxygens (including phenoxy) is 3. The molecule has 0 spiro atoms. The fourth-order valence-electron chi connectivity index (χ4n) is 7.92. The normalized spacial score (nSPS) is 11.8. The average Bonchev–Trinajstić information content (AvgIpc) is 3.22. The van der Waals surface area contributed by atoms with Gasteiger partial charge in [-0.2, -0.15) is 0 Å². The van der Waals surface area contributed by atoms with E-state index in [0.29, 0.717) is 19.3 Å². The lowest BCUT2D eigenvalue weighted by Crippen LogP contribution is -2.30. The van der Waals surface area contributed by atoms with Crippen LogP contribution in [0, 0.1) is 0 Å². The first kappa shape index (κ1) is 56.4. The fourth-order valence-corrected chi connectivity index (χ4v) is 7.92. The molecule has 6 heteroatoms. The third-order valence-corrected chi connectivity index (χ3v) is 11.9. The van der Waals surface area contributed by atoms with Crippen LogP contribution in [0.1, 0.15) is 297 Å². The molecule has 0 amide bonds. The standard InChI is InChI=1S/C52H100O6/c1-4-7-10-13-16-19-22-24-25-26-27-28-29-31-33-36-39-42-45-51(54)57-48-49(47-56-50(53)44-41-38-35-32-21-18-15-12-9-6-3)58-52(55)46-43-40-37-34-30-23-20-17-14-11-8-5-2/h49H,4-48H2,1-3H3/t49-/m0/s1. The van der Waals surface area contributed by atoms with Gasteiger partial charge in [-0.25, -0.2) is 0 Å². The first-order valence-electron chi connectivity index (χ1n) is 26.0. The number of hydrogen-bond acceptors (Lipinski definition) is 6. The molecule has 0 saturated carbocycles. The van der Waals surface area contributed by atoms with E-state index < -0.39 is 6.10 Å². The van der Waals surface area contributed by atoms with Crippen molar-refractivity contribution in [3.05, 3.63) is 0 Å². The lowest BCUT2D eigenvalue weighted by atomic mass is 10.0. The zero-order chi connectivity index (χ0) is 42.3. The van der Waals surface area contributed by atoms with Gasteiger partial charge in [0, 0.05) is 19.3 Å². The van der Waals surface area contributed by atoms with Gasteiger partial charge in [0.1, 0.15) is 13.2 Å². The second-order valence-corrected chi connectivity index (χ2v) is 17.8. The smallest absolute Gasteiger partial charge is 0.306 e. The van der Waals surface area contributed by atoms with Gasteiger partial charge in [-0.05, 0) is 19.3 Å². The Hall–Kier alpha value is -1.59. The second-order valence-electron chi connectivity index (χ2n) is 17.8. The summed E-state index contributed by atoms with van der Waals surface area (Å²) in [4.78, 5) is 37.9. The number of unbranched alkanes of at least 4 members (excludes halogenated alkanes) is 37. The van der Waals surface area contributed by atoms with E-state index in [1.165, 1.54) is 199 Å². The van der Waals surface area contributed by atoms with Crippen LogP contribution in [0.5, 0.6) is 0 Å². The summed E-state index contributed by atoms with van der Waals surface area (Å²) in [5.41, 5.74) is 0. The Morgan fingerprint density at radius 3 is 0.690 bits per heavy atom. The van der Waals surface area contributed by atoms with E-state index in [1.807, 2.05) is 0 Å². The zero-order valence-electron chi connectivity index (χ0n) is 39.3. The molecule has 0 aromatic heterocycles. The van der Waals surface area contributed by atoms with Gasteiger partial charge < -0.3 is 14.2 Å². The zero-order valence-corrected chi connectivity index (χ0v) is 39.3. The second kappa shape index (κ2) is 48.1. The first-order valence-corrected chi connectivity index (χ1v) is 26.0. The third kappa shape index (κ3) is 45.5. The van der Waals surface area contributed by atoms with Gasteiger partial charge in [0.2, 0.25) is 0 Å². The van der Waals surface area contributed by atoms with E-state index in [2.05, 4.69) is 20.8 Å². The van der Waals surface area contributed by atoms with Crippen molar-refractivity contribution >= 4 is 17.9 Å². The molecule has 0 N–H and O–H groups in total. The van der Waals surface area contributed by atoms with E-state index in [4.69, 9.17) is 14.2 Å². The summed E-state index contributed by atoms with van der Waals surface area (Å²) >= 11 is 0. The quantitative estimate of drug-likeness (QED) is 0.0346. The molecule has 0 unspecified atom stereocenters. The van der Waals surface area contributed by atoms with Crippen LogP contribution in [-0.4, -0.2) is 37.2 Å². The summed E-state index contributed by atoms with van der Waals surface area (Å²) < 4.78 is 16.8. The number of hydrogen-bond donors (Lipinski definition) is 0. The van der Waals surface area contributed by atoms with E-state index in [0.717, 1.165) is 57.8 Å². The Morgan fingerprint density at radius 2 is 0.466 bits per heavy atom. The van der Waals surface area contributed by atoms with Crippen LogP contribution in [-0.2, 0) is 28.6 Å². The highest BCUT2D eigenvalue weighted by Gasteiger charge is 2.19. The van der Waals surface area contributed by atoms with Crippen molar-refractivity contribution in [1.82, 2.24) is 0 Å². The predicted octanol–water partition coefficient (Wildman–Crippen LogP) is 16.8. The molecule has 0 aliphatic rings. The molecule has 0 rings (SSSR count). The molecule has 344 valence electrons. The molecule has 0 heterocycles. The maximum atomic E-state index is 12.7. The van der Waals surface area contributed by atoms with Crippen molar-refractivity contribution in [3.8, 4) is 0 Å². The highest BCUT2D eigenvalue weighted by atomic mass is 16.6. The van der Waals surface area contributed by atoms with Crippen LogP contribution < -0.4 is 0 Å². The Labute approximate surface area is 361 Å². The van der Waals surface area contributed by atoms with Crippen molar-refractivity contribution in [2.45, 2.75) is 303 Å². The minimum atomic E-state index is -0.759. The van der Waals surface area contributed by atoms with Crippen LogP contribution in [0.4, 0.5) is 0 Å². The van der Waals surface area contributed by atoms with E-state index in [1.54, 1.807) is 0 Å². The van der Waals surface area contributed by atoms with Gasteiger partial charge in [-0.3, -0.25) is 14.4 Å². The molecule has 0 fully saturated rings. The fraction of sp³-hybridized carbons (Fsp3) is 0.942. The topological polar surface area (TPSA) is 78.9 Å². The predicted molar refractivity (Wildman–Crippen MR) is 247 cm³/mol. The Morgan fingerprint density at radius 1 is 0.276 bits per heavy atom. The Balaban J connectivity index is 4.23. The van der Waals surface area contributed by atoms with Gasteiger partial charge in [0.25, 0.3) is 0 Å². The van der Waals surface area contributed by atoms with Crippen LogP contribution in [0.25, 0.3) is 0 Å². The van der Waals surface area contributed by atoms with Gasteiger partial charge in [-0.1, -0.05) is 258 Å². The average molecular weight is 821 g/mol. The summed E-state index contributed by atoms with van der Waals surface area (Å²) in [5, 5.41) is 0. The van der Waals surface area contributed by atoms with Gasteiger partial charge in [0.15, 0.2) is 6.10 Å². The highest BCUT2D eigenvalue weighted by molar-refractivity contribution is 5.71. The van der Waals surface area contributed by atoms with Gasteiger partial charge in [0.05, 0.1) is 0 Å². The first-order chi connectivity index (χ1) is 28.5. The van der Waals surface area contributed by atoms with Crippen molar-refractivity contribution in [3.63, 3.8) is 0 Å². The molecule has 6 nitrogen and oxygen atoms in total. The molecule has 58 heavy (non-hydrogen) atoms. The third-order valence-electron chi connectivity index (χ3n) is 11.9.